The number of hydrogen-bond acceptors (Lipinski definition) is 5. The van der Waals surface area contributed by atoms with Gasteiger partial charge in [-0.25, -0.2) is 4.98 Å². The van der Waals surface area contributed by atoms with Gasteiger partial charge >= 0.3 is 0 Å². The van der Waals surface area contributed by atoms with E-state index in [1.807, 2.05) is 13.8 Å². The van der Waals surface area contributed by atoms with Gasteiger partial charge in [0, 0.05) is 6.20 Å². The van der Waals surface area contributed by atoms with E-state index in [-0.39, 0.29) is 0 Å². The predicted molar refractivity (Wildman–Crippen MR) is 66.4 cm³/mol. The summed E-state index contributed by atoms with van der Waals surface area (Å²) >= 11 is 4.78. The van der Waals surface area contributed by atoms with Crippen molar-refractivity contribution in [3.05, 3.63) is 28.3 Å². The van der Waals surface area contributed by atoms with Gasteiger partial charge in [-0.15, -0.1) is 0 Å². The zero-order chi connectivity index (χ0) is 11.7. The van der Waals surface area contributed by atoms with E-state index >= 15 is 0 Å². The average molecular weight is 300 g/mol. The second-order valence-corrected chi connectivity index (χ2v) is 5.08. The minimum Gasteiger partial charge on any atom is -0.436 e. The maximum Gasteiger partial charge on any atom is 0.261 e. The van der Waals surface area contributed by atoms with Gasteiger partial charge in [0.2, 0.25) is 0 Å². The van der Waals surface area contributed by atoms with Gasteiger partial charge in [-0.2, -0.15) is 0 Å². The van der Waals surface area contributed by atoms with Crippen molar-refractivity contribution in [1.82, 2.24) is 9.97 Å². The summed E-state index contributed by atoms with van der Waals surface area (Å²) in [6.07, 6.45) is 3.30. The molecule has 84 valence electrons. The first-order chi connectivity index (χ1) is 7.58. The lowest BCUT2D eigenvalue weighted by molar-refractivity contribution is 0.431. The summed E-state index contributed by atoms with van der Waals surface area (Å²) in [7, 11) is 0. The van der Waals surface area contributed by atoms with Gasteiger partial charge in [-0.3, -0.25) is 4.98 Å². The van der Waals surface area contributed by atoms with Crippen molar-refractivity contribution < 1.29 is 4.42 Å². The third-order valence-corrected chi connectivity index (χ3v) is 3.95. The molecular formula is C10H10BrN3OS. The van der Waals surface area contributed by atoms with E-state index in [2.05, 4.69) is 25.9 Å². The fraction of sp³-hybridized carbons (Fsp3) is 0.200. The average Bonchev–Trinajstić information content (AvgIpc) is 2.53. The summed E-state index contributed by atoms with van der Waals surface area (Å²) in [4.78, 5) is 9.13. The van der Waals surface area contributed by atoms with Gasteiger partial charge < -0.3 is 10.2 Å². The Morgan fingerprint density at radius 2 is 2.12 bits per heavy atom. The highest BCUT2D eigenvalue weighted by atomic mass is 79.9. The molecule has 6 heteroatoms. The molecule has 0 aliphatic rings. The standard InChI is InChI=1S/C10H10BrN3OS/c1-5-6(2)15-10(14-5)16-9-7(11)3-13-4-8(9)12/h3-4H,12H2,1-2H3. The predicted octanol–water partition coefficient (Wildman–Crippen LogP) is 3.18. The Hall–Kier alpha value is -1.01. The lowest BCUT2D eigenvalue weighted by Crippen LogP contribution is -1.90. The number of nitrogens with zero attached hydrogens (tertiary/aromatic N) is 2. The Kier molecular flexibility index (Phi) is 3.20. The van der Waals surface area contributed by atoms with E-state index in [0.29, 0.717) is 10.9 Å². The molecule has 2 aromatic heterocycles. The molecule has 4 nitrogen and oxygen atoms in total. The molecule has 0 fully saturated rings. The number of aromatic nitrogens is 2. The maximum atomic E-state index is 5.83. The molecule has 2 aromatic rings. The molecule has 0 saturated heterocycles. The number of aryl methyl sites for hydroxylation is 2. The van der Waals surface area contributed by atoms with E-state index < -0.39 is 0 Å². The largest absolute Gasteiger partial charge is 0.436 e. The minimum absolute atomic E-state index is 0.591. The quantitative estimate of drug-likeness (QED) is 0.922. The van der Waals surface area contributed by atoms with E-state index in [9.17, 15) is 0 Å². The van der Waals surface area contributed by atoms with Crippen molar-refractivity contribution >= 4 is 33.4 Å². The summed E-state index contributed by atoms with van der Waals surface area (Å²) in [5.74, 6) is 0.825. The Morgan fingerprint density at radius 1 is 1.38 bits per heavy atom. The number of anilines is 1. The lowest BCUT2D eigenvalue weighted by Gasteiger charge is -2.03. The van der Waals surface area contributed by atoms with Crippen molar-refractivity contribution in [1.29, 1.82) is 0 Å². The topological polar surface area (TPSA) is 64.9 Å². The molecule has 0 aliphatic carbocycles. The first kappa shape index (κ1) is 11.5. The molecule has 0 aromatic carbocycles. The Labute approximate surface area is 106 Å². The number of oxazole rings is 1. The summed E-state index contributed by atoms with van der Waals surface area (Å²) in [5, 5.41) is 0.591. The van der Waals surface area contributed by atoms with Crippen LogP contribution in [-0.2, 0) is 0 Å². The molecule has 2 rings (SSSR count). The van der Waals surface area contributed by atoms with Crippen molar-refractivity contribution in [2.24, 2.45) is 0 Å². The van der Waals surface area contributed by atoms with E-state index in [1.54, 1.807) is 12.4 Å². The molecular weight excluding hydrogens is 290 g/mol. The fourth-order valence-corrected chi connectivity index (χ4v) is 2.55. The van der Waals surface area contributed by atoms with Crippen LogP contribution in [0.5, 0.6) is 0 Å². The van der Waals surface area contributed by atoms with Crippen LogP contribution in [-0.4, -0.2) is 9.97 Å². The molecule has 0 saturated carbocycles. The normalized spacial score (nSPS) is 10.7. The van der Waals surface area contributed by atoms with Crippen molar-refractivity contribution in [2.45, 2.75) is 24.0 Å². The van der Waals surface area contributed by atoms with Crippen LogP contribution in [0.25, 0.3) is 0 Å². The zero-order valence-electron chi connectivity index (χ0n) is 8.82. The number of nitrogen functional groups attached to an aromatic ring is 1. The Bertz CT molecular complexity index is 487. The zero-order valence-corrected chi connectivity index (χ0v) is 11.2. The van der Waals surface area contributed by atoms with Crippen LogP contribution in [0.3, 0.4) is 0 Å². The van der Waals surface area contributed by atoms with Crippen molar-refractivity contribution in [2.75, 3.05) is 5.73 Å². The third kappa shape index (κ3) is 2.22. The van der Waals surface area contributed by atoms with Crippen LogP contribution in [0.1, 0.15) is 11.5 Å². The molecule has 0 atom stereocenters. The van der Waals surface area contributed by atoms with Crippen LogP contribution in [0.4, 0.5) is 5.69 Å². The van der Waals surface area contributed by atoms with Crippen LogP contribution in [0.15, 0.2) is 31.4 Å². The first-order valence-electron chi connectivity index (χ1n) is 4.59. The van der Waals surface area contributed by atoms with Crippen molar-refractivity contribution in [3.63, 3.8) is 0 Å². The van der Waals surface area contributed by atoms with Gasteiger partial charge in [0.1, 0.15) is 5.76 Å². The molecule has 2 N–H and O–H groups in total. The van der Waals surface area contributed by atoms with Crippen molar-refractivity contribution in [3.8, 4) is 0 Å². The van der Waals surface area contributed by atoms with Gasteiger partial charge in [-0.1, -0.05) is 0 Å². The number of rotatable bonds is 2. The molecule has 2 heterocycles. The highest BCUT2D eigenvalue weighted by Crippen LogP contribution is 2.36. The van der Waals surface area contributed by atoms with Gasteiger partial charge in [0.05, 0.1) is 26.9 Å². The fourth-order valence-electron chi connectivity index (χ4n) is 1.12. The molecule has 0 bridgehead atoms. The highest BCUT2D eigenvalue weighted by Gasteiger charge is 2.12. The Balaban J connectivity index is 2.33. The number of nitrogens with two attached hydrogens (primary N) is 1. The molecule has 0 spiro atoms. The summed E-state index contributed by atoms with van der Waals surface area (Å²) in [6, 6.07) is 0. The molecule has 0 unspecified atom stereocenters. The SMILES string of the molecule is Cc1nc(Sc2c(N)cncc2Br)oc1C. The van der Waals surface area contributed by atoms with Crippen LogP contribution < -0.4 is 5.73 Å². The van der Waals surface area contributed by atoms with E-state index in [1.165, 1.54) is 11.8 Å². The first-order valence-corrected chi connectivity index (χ1v) is 6.19. The van der Waals surface area contributed by atoms with Gasteiger partial charge in [0.25, 0.3) is 5.22 Å². The minimum atomic E-state index is 0.591. The second-order valence-electron chi connectivity index (χ2n) is 3.26. The molecule has 0 aliphatic heterocycles. The number of pyridine rings is 1. The van der Waals surface area contributed by atoms with E-state index in [4.69, 9.17) is 10.2 Å². The number of hydrogen-bond donors (Lipinski definition) is 1. The molecule has 0 amide bonds. The monoisotopic (exact) mass is 299 g/mol. The maximum absolute atomic E-state index is 5.83. The summed E-state index contributed by atoms with van der Waals surface area (Å²) in [5.41, 5.74) is 7.33. The second kappa shape index (κ2) is 4.47. The molecule has 0 radical (unpaired) electrons. The smallest absolute Gasteiger partial charge is 0.261 e. The third-order valence-electron chi connectivity index (χ3n) is 2.08. The van der Waals surface area contributed by atoms with E-state index in [0.717, 1.165) is 20.8 Å². The summed E-state index contributed by atoms with van der Waals surface area (Å²) in [6.45, 7) is 3.80. The van der Waals surface area contributed by atoms with Crippen LogP contribution in [0, 0.1) is 13.8 Å². The molecule has 16 heavy (non-hydrogen) atoms. The van der Waals surface area contributed by atoms with Crippen LogP contribution in [0.2, 0.25) is 0 Å². The number of halogens is 1. The van der Waals surface area contributed by atoms with Gasteiger partial charge in [0.15, 0.2) is 0 Å². The Morgan fingerprint density at radius 3 is 2.69 bits per heavy atom. The highest BCUT2D eigenvalue weighted by molar-refractivity contribution is 9.10. The van der Waals surface area contributed by atoms with Gasteiger partial charge in [-0.05, 0) is 41.5 Å². The van der Waals surface area contributed by atoms with Crippen LogP contribution >= 0.6 is 27.7 Å². The summed E-state index contributed by atoms with van der Waals surface area (Å²) < 4.78 is 6.32. The lowest BCUT2D eigenvalue weighted by atomic mass is 10.4.